The normalized spacial score (nSPS) is 39.8. The standard InChI is InChI=1S/C6H11FO/c1-5-2-3-6(7)4-8-5/h5-6H,2-4H2,1H3/t5-,6?/m0/s1. The summed E-state index contributed by atoms with van der Waals surface area (Å²) in [6.07, 6.45) is 1.13. The predicted molar refractivity (Wildman–Crippen MR) is 29.5 cm³/mol. The highest BCUT2D eigenvalue weighted by Crippen LogP contribution is 2.14. The molecule has 2 atom stereocenters. The van der Waals surface area contributed by atoms with E-state index >= 15 is 0 Å². The Kier molecular flexibility index (Phi) is 1.84. The van der Waals surface area contributed by atoms with Crippen molar-refractivity contribution < 1.29 is 9.13 Å². The molecule has 2 heteroatoms. The summed E-state index contributed by atoms with van der Waals surface area (Å²) in [5.41, 5.74) is 0. The SMILES string of the molecule is C[C@H]1CCC(F)CO1. The Morgan fingerprint density at radius 1 is 1.50 bits per heavy atom. The third-order valence-corrected chi connectivity index (χ3v) is 1.45. The van der Waals surface area contributed by atoms with Crippen LogP contribution < -0.4 is 0 Å². The number of hydrogen-bond acceptors (Lipinski definition) is 1. The largest absolute Gasteiger partial charge is 0.375 e. The molecule has 1 saturated heterocycles. The Labute approximate surface area is 48.8 Å². The Morgan fingerprint density at radius 2 is 2.25 bits per heavy atom. The van der Waals surface area contributed by atoms with E-state index in [9.17, 15) is 4.39 Å². The smallest absolute Gasteiger partial charge is 0.123 e. The lowest BCUT2D eigenvalue weighted by atomic mass is 10.1. The summed E-state index contributed by atoms with van der Waals surface area (Å²) in [4.78, 5) is 0. The topological polar surface area (TPSA) is 9.23 Å². The number of alkyl halides is 1. The van der Waals surface area contributed by atoms with Crippen LogP contribution in [0.15, 0.2) is 0 Å². The second-order valence-electron chi connectivity index (χ2n) is 2.32. The first-order valence-corrected chi connectivity index (χ1v) is 3.04. The molecule has 1 rings (SSSR count). The van der Waals surface area contributed by atoms with E-state index in [0.29, 0.717) is 13.0 Å². The van der Waals surface area contributed by atoms with Gasteiger partial charge >= 0.3 is 0 Å². The van der Waals surface area contributed by atoms with Crippen LogP contribution in [0.5, 0.6) is 0 Å². The van der Waals surface area contributed by atoms with Gasteiger partial charge in [0.1, 0.15) is 6.17 Å². The molecule has 0 aromatic rings. The molecule has 0 spiro atoms. The molecule has 8 heavy (non-hydrogen) atoms. The minimum Gasteiger partial charge on any atom is -0.375 e. The highest BCUT2D eigenvalue weighted by atomic mass is 19.1. The van der Waals surface area contributed by atoms with Crippen LogP contribution in [0.25, 0.3) is 0 Å². The van der Waals surface area contributed by atoms with Crippen LogP contribution in [0.2, 0.25) is 0 Å². The van der Waals surface area contributed by atoms with Crippen molar-refractivity contribution in [2.24, 2.45) is 0 Å². The van der Waals surface area contributed by atoms with Crippen LogP contribution in [0.3, 0.4) is 0 Å². The van der Waals surface area contributed by atoms with E-state index in [2.05, 4.69) is 0 Å². The van der Waals surface area contributed by atoms with E-state index in [1.165, 1.54) is 0 Å². The molecule has 48 valence electrons. The Balaban J connectivity index is 2.19. The number of hydrogen-bond donors (Lipinski definition) is 0. The quantitative estimate of drug-likeness (QED) is 0.468. The highest BCUT2D eigenvalue weighted by Gasteiger charge is 2.16. The van der Waals surface area contributed by atoms with Crippen molar-refractivity contribution in [2.75, 3.05) is 6.61 Å². The number of ether oxygens (including phenoxy) is 1. The van der Waals surface area contributed by atoms with Gasteiger partial charge in [0, 0.05) is 0 Å². The molecule has 0 N–H and O–H groups in total. The summed E-state index contributed by atoms with van der Waals surface area (Å²) >= 11 is 0. The van der Waals surface area contributed by atoms with Gasteiger partial charge in [-0.05, 0) is 19.8 Å². The van der Waals surface area contributed by atoms with Gasteiger partial charge in [-0.15, -0.1) is 0 Å². The molecule has 0 bridgehead atoms. The highest BCUT2D eigenvalue weighted by molar-refractivity contribution is 4.64. The molecule has 0 radical (unpaired) electrons. The third kappa shape index (κ3) is 1.44. The van der Waals surface area contributed by atoms with Crippen molar-refractivity contribution in [3.8, 4) is 0 Å². The second-order valence-corrected chi connectivity index (χ2v) is 2.32. The Bertz CT molecular complexity index is 56.9. The molecule has 0 saturated carbocycles. The van der Waals surface area contributed by atoms with Crippen molar-refractivity contribution in [3.63, 3.8) is 0 Å². The zero-order valence-electron chi connectivity index (χ0n) is 5.06. The average Bonchev–Trinajstić information content (AvgIpc) is 1.77. The lowest BCUT2D eigenvalue weighted by Crippen LogP contribution is -2.24. The van der Waals surface area contributed by atoms with Crippen LogP contribution in [-0.2, 0) is 4.74 Å². The molecular formula is C6H11FO. The Morgan fingerprint density at radius 3 is 2.62 bits per heavy atom. The lowest BCUT2D eigenvalue weighted by Gasteiger charge is -2.21. The molecule has 1 fully saturated rings. The van der Waals surface area contributed by atoms with Crippen molar-refractivity contribution in [1.82, 2.24) is 0 Å². The van der Waals surface area contributed by atoms with E-state index in [-0.39, 0.29) is 6.10 Å². The zero-order valence-corrected chi connectivity index (χ0v) is 5.06. The fraction of sp³-hybridized carbons (Fsp3) is 1.00. The maximum Gasteiger partial charge on any atom is 0.123 e. The third-order valence-electron chi connectivity index (χ3n) is 1.45. The van der Waals surface area contributed by atoms with Gasteiger partial charge in [0.2, 0.25) is 0 Å². The van der Waals surface area contributed by atoms with Crippen LogP contribution in [0, 0.1) is 0 Å². The van der Waals surface area contributed by atoms with Gasteiger partial charge in [-0.3, -0.25) is 0 Å². The second kappa shape index (κ2) is 2.44. The zero-order chi connectivity index (χ0) is 5.98. The minimum atomic E-state index is -0.703. The average molecular weight is 118 g/mol. The molecule has 1 heterocycles. The summed E-state index contributed by atoms with van der Waals surface area (Å²) in [6.45, 7) is 2.28. The van der Waals surface area contributed by atoms with Crippen LogP contribution in [0.1, 0.15) is 19.8 Å². The number of halogens is 1. The van der Waals surface area contributed by atoms with Crippen molar-refractivity contribution in [3.05, 3.63) is 0 Å². The molecule has 1 aliphatic heterocycles. The fourth-order valence-corrected chi connectivity index (χ4v) is 0.851. The molecule has 1 nitrogen and oxygen atoms in total. The van der Waals surface area contributed by atoms with E-state index in [1.54, 1.807) is 0 Å². The van der Waals surface area contributed by atoms with E-state index in [0.717, 1.165) is 6.42 Å². The summed E-state index contributed by atoms with van der Waals surface area (Å²) < 4.78 is 17.2. The van der Waals surface area contributed by atoms with Crippen molar-refractivity contribution in [1.29, 1.82) is 0 Å². The maximum absolute atomic E-state index is 12.2. The first-order chi connectivity index (χ1) is 3.79. The van der Waals surface area contributed by atoms with Gasteiger partial charge in [0.05, 0.1) is 12.7 Å². The van der Waals surface area contributed by atoms with E-state index in [4.69, 9.17) is 4.74 Å². The Hall–Kier alpha value is -0.110. The molecule has 0 aromatic carbocycles. The minimum absolute atomic E-state index is 0.280. The summed E-state index contributed by atoms with van der Waals surface area (Å²) in [5, 5.41) is 0. The number of rotatable bonds is 0. The van der Waals surface area contributed by atoms with E-state index < -0.39 is 6.17 Å². The van der Waals surface area contributed by atoms with Crippen LogP contribution >= 0.6 is 0 Å². The molecular weight excluding hydrogens is 107 g/mol. The van der Waals surface area contributed by atoms with Crippen molar-refractivity contribution >= 4 is 0 Å². The van der Waals surface area contributed by atoms with Gasteiger partial charge in [-0.25, -0.2) is 4.39 Å². The molecule has 0 aromatic heterocycles. The van der Waals surface area contributed by atoms with Crippen LogP contribution in [0.4, 0.5) is 4.39 Å². The molecule has 0 amide bonds. The van der Waals surface area contributed by atoms with E-state index in [1.807, 2.05) is 6.92 Å². The molecule has 1 unspecified atom stereocenters. The summed E-state index contributed by atoms with van der Waals surface area (Å²) in [7, 11) is 0. The molecule has 1 aliphatic rings. The lowest BCUT2D eigenvalue weighted by molar-refractivity contribution is -0.0166. The van der Waals surface area contributed by atoms with Crippen LogP contribution in [-0.4, -0.2) is 18.9 Å². The first kappa shape index (κ1) is 6.02. The maximum atomic E-state index is 12.2. The molecule has 0 aliphatic carbocycles. The van der Waals surface area contributed by atoms with Gasteiger partial charge < -0.3 is 4.74 Å². The fourth-order valence-electron chi connectivity index (χ4n) is 0.851. The van der Waals surface area contributed by atoms with Crippen molar-refractivity contribution in [2.45, 2.75) is 32.0 Å². The van der Waals surface area contributed by atoms with Gasteiger partial charge in [-0.1, -0.05) is 0 Å². The van der Waals surface area contributed by atoms with Gasteiger partial charge in [-0.2, -0.15) is 0 Å². The summed E-state index contributed by atoms with van der Waals surface area (Å²) in [5.74, 6) is 0. The van der Waals surface area contributed by atoms with Gasteiger partial charge in [0.25, 0.3) is 0 Å². The predicted octanol–water partition coefficient (Wildman–Crippen LogP) is 1.52. The summed E-state index contributed by atoms with van der Waals surface area (Å²) in [6, 6.07) is 0. The first-order valence-electron chi connectivity index (χ1n) is 3.04. The monoisotopic (exact) mass is 118 g/mol. The van der Waals surface area contributed by atoms with Gasteiger partial charge in [0.15, 0.2) is 0 Å².